The van der Waals surface area contributed by atoms with E-state index in [0.29, 0.717) is 6.04 Å². The second kappa shape index (κ2) is 5.37. The van der Waals surface area contributed by atoms with E-state index in [1.807, 2.05) is 6.08 Å². The first-order valence-electron chi connectivity index (χ1n) is 4.85. The topological polar surface area (TPSA) is 32.7 Å². The zero-order chi connectivity index (χ0) is 9.68. The van der Waals surface area contributed by atoms with E-state index in [4.69, 9.17) is 9.84 Å². The number of ether oxygens (including phenoxy) is 1. The normalized spacial score (nSPS) is 30.3. The molecule has 13 heavy (non-hydrogen) atoms. The lowest BCUT2D eigenvalue weighted by molar-refractivity contribution is -0.0771. The number of nitrogens with zero attached hydrogens (tertiary/aromatic N) is 1. The highest BCUT2D eigenvalue weighted by Crippen LogP contribution is 2.11. The molecule has 76 valence electrons. The van der Waals surface area contributed by atoms with E-state index in [9.17, 15) is 0 Å². The van der Waals surface area contributed by atoms with Gasteiger partial charge in [0, 0.05) is 19.1 Å². The molecule has 3 nitrogen and oxygen atoms in total. The minimum Gasteiger partial charge on any atom is -0.394 e. The number of morpholine rings is 1. The number of aliphatic hydroxyl groups is 1. The molecule has 0 saturated carbocycles. The molecule has 0 aromatic heterocycles. The average molecular weight is 185 g/mol. The molecule has 1 rings (SSSR count). The summed E-state index contributed by atoms with van der Waals surface area (Å²) in [4.78, 5) is 2.34. The van der Waals surface area contributed by atoms with Crippen LogP contribution in [0, 0.1) is 0 Å². The smallest absolute Gasteiger partial charge is 0.0933 e. The predicted molar refractivity (Wildman–Crippen MR) is 52.7 cm³/mol. The van der Waals surface area contributed by atoms with Gasteiger partial charge in [-0.25, -0.2) is 0 Å². The molecule has 0 aliphatic carbocycles. The van der Waals surface area contributed by atoms with E-state index < -0.39 is 0 Å². The largest absolute Gasteiger partial charge is 0.394 e. The highest BCUT2D eigenvalue weighted by Gasteiger charge is 2.24. The van der Waals surface area contributed by atoms with Crippen molar-refractivity contribution in [3.8, 4) is 0 Å². The molecule has 2 unspecified atom stereocenters. The molecule has 0 aromatic carbocycles. The van der Waals surface area contributed by atoms with Gasteiger partial charge < -0.3 is 9.84 Å². The van der Waals surface area contributed by atoms with Crippen LogP contribution in [-0.2, 0) is 4.74 Å². The van der Waals surface area contributed by atoms with Crippen LogP contribution in [0.25, 0.3) is 0 Å². The molecule has 1 N–H and O–H groups in total. The van der Waals surface area contributed by atoms with Crippen LogP contribution < -0.4 is 0 Å². The Morgan fingerprint density at radius 2 is 2.46 bits per heavy atom. The fourth-order valence-corrected chi connectivity index (χ4v) is 1.55. The van der Waals surface area contributed by atoms with Crippen molar-refractivity contribution >= 4 is 0 Å². The summed E-state index contributed by atoms with van der Waals surface area (Å²) >= 11 is 0. The molecule has 1 aliphatic rings. The lowest BCUT2D eigenvalue weighted by Crippen LogP contribution is -2.49. The van der Waals surface area contributed by atoms with Crippen molar-refractivity contribution in [2.24, 2.45) is 0 Å². The standard InChI is InChI=1S/C10H19NO2/c1-3-4-5-11-6-10(7-12)13-8-9(11)2/h3,9-10,12H,1,4-8H2,2H3. The first-order valence-corrected chi connectivity index (χ1v) is 4.85. The zero-order valence-corrected chi connectivity index (χ0v) is 8.28. The van der Waals surface area contributed by atoms with Crippen molar-refractivity contribution in [3.05, 3.63) is 12.7 Å². The highest BCUT2D eigenvalue weighted by molar-refractivity contribution is 4.79. The second-order valence-corrected chi connectivity index (χ2v) is 3.56. The summed E-state index contributed by atoms with van der Waals surface area (Å²) in [7, 11) is 0. The van der Waals surface area contributed by atoms with Crippen LogP contribution in [0.2, 0.25) is 0 Å². The molecule has 1 saturated heterocycles. The van der Waals surface area contributed by atoms with Gasteiger partial charge >= 0.3 is 0 Å². The molecule has 3 heteroatoms. The maximum Gasteiger partial charge on any atom is 0.0933 e. The highest BCUT2D eigenvalue weighted by atomic mass is 16.5. The molecule has 1 aliphatic heterocycles. The second-order valence-electron chi connectivity index (χ2n) is 3.56. The Bertz CT molecular complexity index is 161. The predicted octanol–water partition coefficient (Wildman–Crippen LogP) is 0.644. The van der Waals surface area contributed by atoms with Gasteiger partial charge in [0.1, 0.15) is 0 Å². The Morgan fingerprint density at radius 1 is 1.69 bits per heavy atom. The molecular formula is C10H19NO2. The summed E-state index contributed by atoms with van der Waals surface area (Å²) in [5, 5.41) is 8.95. The van der Waals surface area contributed by atoms with Crippen LogP contribution in [0.3, 0.4) is 0 Å². The molecule has 0 radical (unpaired) electrons. The number of hydrogen-bond donors (Lipinski definition) is 1. The van der Waals surface area contributed by atoms with Gasteiger partial charge in [-0.3, -0.25) is 4.90 Å². The fourth-order valence-electron chi connectivity index (χ4n) is 1.55. The van der Waals surface area contributed by atoms with Gasteiger partial charge in [-0.2, -0.15) is 0 Å². The number of rotatable bonds is 4. The summed E-state index contributed by atoms with van der Waals surface area (Å²) in [6.07, 6.45) is 2.93. The van der Waals surface area contributed by atoms with Crippen LogP contribution in [0.15, 0.2) is 12.7 Å². The van der Waals surface area contributed by atoms with E-state index in [1.165, 1.54) is 0 Å². The van der Waals surface area contributed by atoms with E-state index in [1.54, 1.807) is 0 Å². The van der Waals surface area contributed by atoms with Crippen molar-refractivity contribution in [1.29, 1.82) is 0 Å². The summed E-state index contributed by atoms with van der Waals surface area (Å²) < 4.78 is 5.43. The minimum absolute atomic E-state index is 0.000940. The Morgan fingerprint density at radius 3 is 3.08 bits per heavy atom. The van der Waals surface area contributed by atoms with Crippen LogP contribution in [-0.4, -0.2) is 48.5 Å². The zero-order valence-electron chi connectivity index (χ0n) is 8.28. The van der Waals surface area contributed by atoms with Crippen molar-refractivity contribution in [3.63, 3.8) is 0 Å². The van der Waals surface area contributed by atoms with E-state index in [-0.39, 0.29) is 12.7 Å². The van der Waals surface area contributed by atoms with Gasteiger partial charge in [0.25, 0.3) is 0 Å². The van der Waals surface area contributed by atoms with E-state index in [0.717, 1.165) is 26.1 Å². The van der Waals surface area contributed by atoms with Gasteiger partial charge in [-0.05, 0) is 13.3 Å². The molecule has 0 bridgehead atoms. The first-order chi connectivity index (χ1) is 6.27. The van der Waals surface area contributed by atoms with Crippen molar-refractivity contribution in [2.45, 2.75) is 25.5 Å². The third-order valence-corrected chi connectivity index (χ3v) is 2.46. The number of hydrogen-bond acceptors (Lipinski definition) is 3. The average Bonchev–Trinajstić information content (AvgIpc) is 2.17. The Kier molecular flexibility index (Phi) is 4.42. The van der Waals surface area contributed by atoms with Crippen LogP contribution in [0.1, 0.15) is 13.3 Å². The fraction of sp³-hybridized carbons (Fsp3) is 0.800. The quantitative estimate of drug-likeness (QED) is 0.653. The SMILES string of the molecule is C=CCCN1CC(CO)OCC1C. The Labute approximate surface area is 80.0 Å². The van der Waals surface area contributed by atoms with Gasteiger partial charge in [0.2, 0.25) is 0 Å². The Balaban J connectivity index is 2.35. The maximum absolute atomic E-state index is 8.95. The third kappa shape index (κ3) is 3.10. The summed E-state index contributed by atoms with van der Waals surface area (Å²) in [6, 6.07) is 0.461. The molecule has 1 heterocycles. The summed E-state index contributed by atoms with van der Waals surface area (Å²) in [5.41, 5.74) is 0. The molecule has 0 amide bonds. The first kappa shape index (κ1) is 10.7. The minimum atomic E-state index is 0.000940. The van der Waals surface area contributed by atoms with Crippen LogP contribution >= 0.6 is 0 Å². The van der Waals surface area contributed by atoms with Gasteiger partial charge in [0.15, 0.2) is 0 Å². The third-order valence-electron chi connectivity index (χ3n) is 2.46. The van der Waals surface area contributed by atoms with Gasteiger partial charge in [0.05, 0.1) is 19.3 Å². The lowest BCUT2D eigenvalue weighted by Gasteiger charge is -2.37. The van der Waals surface area contributed by atoms with E-state index in [2.05, 4.69) is 18.4 Å². The molecule has 1 fully saturated rings. The molecule has 2 atom stereocenters. The number of aliphatic hydroxyl groups excluding tert-OH is 1. The Hall–Kier alpha value is -0.380. The van der Waals surface area contributed by atoms with Crippen molar-refractivity contribution in [2.75, 3.05) is 26.3 Å². The molecule has 0 spiro atoms. The monoisotopic (exact) mass is 185 g/mol. The van der Waals surface area contributed by atoms with Gasteiger partial charge in [-0.1, -0.05) is 6.08 Å². The maximum atomic E-state index is 8.95. The van der Waals surface area contributed by atoms with Crippen LogP contribution in [0.4, 0.5) is 0 Å². The van der Waals surface area contributed by atoms with E-state index >= 15 is 0 Å². The van der Waals surface area contributed by atoms with Gasteiger partial charge in [-0.15, -0.1) is 6.58 Å². The lowest BCUT2D eigenvalue weighted by atomic mass is 10.2. The summed E-state index contributed by atoms with van der Waals surface area (Å²) in [5.74, 6) is 0. The molecular weight excluding hydrogens is 166 g/mol. The summed E-state index contributed by atoms with van der Waals surface area (Å²) in [6.45, 7) is 8.56. The van der Waals surface area contributed by atoms with Crippen molar-refractivity contribution in [1.82, 2.24) is 4.90 Å². The molecule has 0 aromatic rings. The van der Waals surface area contributed by atoms with Crippen molar-refractivity contribution < 1.29 is 9.84 Å². The van der Waals surface area contributed by atoms with Crippen LogP contribution in [0.5, 0.6) is 0 Å².